The van der Waals surface area contributed by atoms with Crippen LogP contribution in [0.25, 0.3) is 0 Å². The van der Waals surface area contributed by atoms with Crippen LogP contribution in [0.15, 0.2) is 29.6 Å². The van der Waals surface area contributed by atoms with Gasteiger partial charge in [0, 0.05) is 30.0 Å². The van der Waals surface area contributed by atoms with E-state index in [0.717, 1.165) is 17.4 Å². The maximum atomic E-state index is 13.1. The maximum Gasteiger partial charge on any atom is 0.264 e. The van der Waals surface area contributed by atoms with Crippen molar-refractivity contribution in [3.05, 3.63) is 46.0 Å². The van der Waals surface area contributed by atoms with Gasteiger partial charge in [0.2, 0.25) is 17.8 Å². The number of carbonyl (C=O) groups is 2. The smallest absolute Gasteiger partial charge is 0.264 e. The van der Waals surface area contributed by atoms with Crippen LogP contribution < -0.4 is 5.32 Å². The van der Waals surface area contributed by atoms with Gasteiger partial charge in [0.1, 0.15) is 11.7 Å². The second-order valence-electron chi connectivity index (χ2n) is 5.72. The van der Waals surface area contributed by atoms with Crippen molar-refractivity contribution in [3.63, 3.8) is 0 Å². The zero-order valence-electron chi connectivity index (χ0n) is 13.1. The minimum Gasteiger partial charge on any atom is -0.344 e. The van der Waals surface area contributed by atoms with E-state index in [1.807, 2.05) is 0 Å². The molecule has 0 aliphatic carbocycles. The first-order valence-corrected chi connectivity index (χ1v) is 8.29. The molecule has 2 aromatic heterocycles. The number of hydrogen-bond donors (Lipinski definition) is 1. The van der Waals surface area contributed by atoms with Crippen LogP contribution in [-0.2, 0) is 9.59 Å². The lowest BCUT2D eigenvalue weighted by molar-refractivity contribution is -0.135. The summed E-state index contributed by atoms with van der Waals surface area (Å²) in [6.07, 6.45) is -2.61. The van der Waals surface area contributed by atoms with Gasteiger partial charge in [-0.1, -0.05) is 6.07 Å². The summed E-state index contributed by atoms with van der Waals surface area (Å²) in [5.74, 6) is -3.42. The summed E-state index contributed by atoms with van der Waals surface area (Å²) in [4.78, 5) is 30.4. The van der Waals surface area contributed by atoms with Crippen molar-refractivity contribution >= 4 is 29.0 Å². The van der Waals surface area contributed by atoms with E-state index in [-0.39, 0.29) is 17.9 Å². The van der Waals surface area contributed by atoms with Gasteiger partial charge in [0.25, 0.3) is 6.43 Å². The summed E-state index contributed by atoms with van der Waals surface area (Å²) < 4.78 is 38.8. The molecule has 5 nitrogen and oxygen atoms in total. The Balaban J connectivity index is 1.85. The zero-order valence-corrected chi connectivity index (χ0v) is 13.9. The zero-order chi connectivity index (χ0) is 18.1. The van der Waals surface area contributed by atoms with Crippen LogP contribution in [0.4, 0.5) is 19.0 Å². The van der Waals surface area contributed by atoms with Crippen LogP contribution in [0, 0.1) is 11.9 Å². The molecule has 1 fully saturated rings. The lowest BCUT2D eigenvalue weighted by Gasteiger charge is -2.15. The predicted molar refractivity (Wildman–Crippen MR) is 86.0 cm³/mol. The summed E-state index contributed by atoms with van der Waals surface area (Å²) in [5, 5.41) is 3.75. The second-order valence-corrected chi connectivity index (χ2v) is 6.66. The van der Waals surface area contributed by atoms with Gasteiger partial charge in [0.15, 0.2) is 0 Å². The molecule has 0 saturated carbocycles. The summed E-state index contributed by atoms with van der Waals surface area (Å²) in [6, 6.07) is 5.24. The SMILES string of the molecule is CN1C[C@H](c2cc(C(F)F)cs2)[C@@H](C(=O)Nc2cccc(F)n2)C1=O. The minimum absolute atomic E-state index is 0.00875. The Kier molecular flexibility index (Phi) is 4.76. The second kappa shape index (κ2) is 6.83. The van der Waals surface area contributed by atoms with Crippen molar-refractivity contribution in [1.82, 2.24) is 9.88 Å². The van der Waals surface area contributed by atoms with Crippen molar-refractivity contribution in [2.75, 3.05) is 18.9 Å². The highest BCUT2D eigenvalue weighted by Crippen LogP contribution is 2.38. The predicted octanol–water partition coefficient (Wildman–Crippen LogP) is 3.03. The van der Waals surface area contributed by atoms with E-state index in [2.05, 4.69) is 10.3 Å². The number of amides is 2. The summed E-state index contributed by atoms with van der Waals surface area (Å²) in [7, 11) is 1.55. The Bertz CT molecular complexity index is 811. The fraction of sp³-hybridized carbons (Fsp3) is 0.312. The summed E-state index contributed by atoms with van der Waals surface area (Å²) >= 11 is 1.09. The third-order valence-electron chi connectivity index (χ3n) is 4.02. The van der Waals surface area contributed by atoms with Crippen molar-refractivity contribution in [1.29, 1.82) is 0 Å². The number of carbonyl (C=O) groups excluding carboxylic acids is 2. The van der Waals surface area contributed by atoms with Gasteiger partial charge in [-0.25, -0.2) is 13.8 Å². The van der Waals surface area contributed by atoms with Crippen LogP contribution in [0.3, 0.4) is 0 Å². The average molecular weight is 369 g/mol. The standard InChI is InChI=1S/C16H14F3N3O2S/c1-22-6-9(10-5-8(7-25-10)14(18)19)13(16(22)24)15(23)21-12-4-2-3-11(17)20-12/h2-5,7,9,13-14H,6H2,1H3,(H,20,21,23)/t9-,13+/m1/s1. The third kappa shape index (κ3) is 3.51. The summed E-state index contributed by atoms with van der Waals surface area (Å²) in [5.41, 5.74) is -0.132. The van der Waals surface area contributed by atoms with Crippen LogP contribution in [0.2, 0.25) is 0 Å². The van der Waals surface area contributed by atoms with E-state index in [0.29, 0.717) is 4.88 Å². The number of halogens is 3. The van der Waals surface area contributed by atoms with Gasteiger partial charge in [-0.05, 0) is 23.6 Å². The molecule has 9 heteroatoms. The number of likely N-dealkylation sites (tertiary alicyclic amines) is 1. The molecule has 1 N–H and O–H groups in total. The number of rotatable bonds is 4. The quantitative estimate of drug-likeness (QED) is 0.666. The van der Waals surface area contributed by atoms with E-state index in [4.69, 9.17) is 0 Å². The molecule has 2 amide bonds. The lowest BCUT2D eigenvalue weighted by atomic mass is 9.92. The van der Waals surface area contributed by atoms with Gasteiger partial charge in [-0.15, -0.1) is 11.3 Å². The van der Waals surface area contributed by atoms with Crippen LogP contribution in [-0.4, -0.2) is 35.3 Å². The largest absolute Gasteiger partial charge is 0.344 e. The van der Waals surface area contributed by atoms with E-state index in [1.54, 1.807) is 7.05 Å². The molecule has 1 aliphatic heterocycles. The molecule has 1 saturated heterocycles. The van der Waals surface area contributed by atoms with E-state index < -0.39 is 36.0 Å². The Morgan fingerprint density at radius 2 is 2.20 bits per heavy atom. The lowest BCUT2D eigenvalue weighted by Crippen LogP contribution is -2.32. The molecule has 2 aromatic rings. The monoisotopic (exact) mass is 369 g/mol. The highest BCUT2D eigenvalue weighted by Gasteiger charge is 2.45. The van der Waals surface area contributed by atoms with Crippen LogP contribution >= 0.6 is 11.3 Å². The van der Waals surface area contributed by atoms with E-state index >= 15 is 0 Å². The summed E-state index contributed by atoms with van der Waals surface area (Å²) in [6.45, 7) is 0.247. The molecule has 1 aliphatic rings. The molecule has 25 heavy (non-hydrogen) atoms. The highest BCUT2D eigenvalue weighted by atomic mass is 32.1. The molecular formula is C16H14F3N3O2S. The number of thiophene rings is 1. The number of alkyl halides is 2. The molecule has 0 bridgehead atoms. The van der Waals surface area contributed by atoms with Crippen molar-refractivity contribution in [2.45, 2.75) is 12.3 Å². The Morgan fingerprint density at radius 1 is 1.44 bits per heavy atom. The molecule has 3 rings (SSSR count). The van der Waals surface area contributed by atoms with Gasteiger partial charge >= 0.3 is 0 Å². The maximum absolute atomic E-state index is 13.1. The molecule has 2 atom stereocenters. The number of pyridine rings is 1. The Hall–Kier alpha value is -2.42. The molecule has 0 radical (unpaired) electrons. The number of nitrogens with one attached hydrogen (secondary N) is 1. The van der Waals surface area contributed by atoms with E-state index in [1.165, 1.54) is 28.5 Å². The molecular weight excluding hydrogens is 355 g/mol. The highest BCUT2D eigenvalue weighted by molar-refractivity contribution is 7.10. The van der Waals surface area contributed by atoms with Crippen molar-refractivity contribution in [2.24, 2.45) is 5.92 Å². The molecule has 0 unspecified atom stereocenters. The van der Waals surface area contributed by atoms with Crippen molar-refractivity contribution in [3.8, 4) is 0 Å². The number of anilines is 1. The fourth-order valence-corrected chi connectivity index (χ4v) is 3.84. The molecule has 132 valence electrons. The van der Waals surface area contributed by atoms with Gasteiger partial charge in [-0.3, -0.25) is 9.59 Å². The topological polar surface area (TPSA) is 62.3 Å². The van der Waals surface area contributed by atoms with Crippen molar-refractivity contribution < 1.29 is 22.8 Å². The number of likely N-dealkylation sites (N-methyl/N-ethyl adjacent to an activating group) is 1. The molecule has 0 aromatic carbocycles. The Labute approximate surface area is 145 Å². The first kappa shape index (κ1) is 17.4. The van der Waals surface area contributed by atoms with Crippen LogP contribution in [0.1, 0.15) is 22.8 Å². The van der Waals surface area contributed by atoms with Crippen LogP contribution in [0.5, 0.6) is 0 Å². The fourth-order valence-electron chi connectivity index (χ4n) is 2.81. The molecule has 0 spiro atoms. The van der Waals surface area contributed by atoms with Gasteiger partial charge < -0.3 is 10.2 Å². The molecule has 3 heterocycles. The Morgan fingerprint density at radius 3 is 2.84 bits per heavy atom. The number of aromatic nitrogens is 1. The number of hydrogen-bond acceptors (Lipinski definition) is 4. The average Bonchev–Trinajstić information content (AvgIpc) is 3.13. The minimum atomic E-state index is -2.61. The third-order valence-corrected chi connectivity index (χ3v) is 5.10. The van der Waals surface area contributed by atoms with Gasteiger partial charge in [-0.2, -0.15) is 4.39 Å². The first-order valence-electron chi connectivity index (χ1n) is 7.41. The van der Waals surface area contributed by atoms with E-state index in [9.17, 15) is 22.8 Å². The first-order chi connectivity index (χ1) is 11.9. The number of nitrogens with zero attached hydrogens (tertiary/aromatic N) is 2. The van der Waals surface area contributed by atoms with Gasteiger partial charge in [0.05, 0.1) is 0 Å². The normalized spacial score (nSPS) is 20.4.